The Morgan fingerprint density at radius 1 is 1.12 bits per heavy atom. The molecule has 0 amide bonds. The van der Waals surface area contributed by atoms with E-state index in [0.29, 0.717) is 11.6 Å². The average molecular weight is 383 g/mol. The lowest BCUT2D eigenvalue weighted by Crippen LogP contribution is -2.11. The lowest BCUT2D eigenvalue weighted by molar-refractivity contribution is 0.603. The van der Waals surface area contributed by atoms with Crippen LogP contribution in [0, 0.1) is 5.82 Å². The second kappa shape index (κ2) is 6.62. The van der Waals surface area contributed by atoms with Crippen LogP contribution in [0.5, 0.6) is 0 Å². The Labute approximate surface area is 148 Å². The molecule has 4 nitrogen and oxygen atoms in total. The lowest BCUT2D eigenvalue weighted by atomic mass is 10.2. The second-order valence-corrected chi connectivity index (χ2v) is 9.31. The fourth-order valence-electron chi connectivity index (χ4n) is 1.97. The molecule has 0 aliphatic carbocycles. The Bertz CT molecular complexity index is 944. The summed E-state index contributed by atoms with van der Waals surface area (Å²) in [6.45, 7) is 4.13. The SMILES string of the molecule is CC(C)c1csc(-c2ccc(S(=O)(=O)Nc3ccc(F)cc3)s2)n1. The molecule has 24 heavy (non-hydrogen) atoms. The van der Waals surface area contributed by atoms with Gasteiger partial charge in [0.1, 0.15) is 15.0 Å². The Hall–Kier alpha value is -1.77. The molecule has 0 saturated heterocycles. The molecule has 1 N–H and O–H groups in total. The number of thiazole rings is 1. The third-order valence-corrected chi connectivity index (χ3v) is 7.26. The van der Waals surface area contributed by atoms with Gasteiger partial charge in [-0.1, -0.05) is 13.8 Å². The number of halogens is 1. The summed E-state index contributed by atoms with van der Waals surface area (Å²) in [7, 11) is -3.70. The Morgan fingerprint density at radius 3 is 2.46 bits per heavy atom. The molecule has 2 heterocycles. The maximum Gasteiger partial charge on any atom is 0.271 e. The highest BCUT2D eigenvalue weighted by atomic mass is 32.2. The highest BCUT2D eigenvalue weighted by molar-refractivity contribution is 7.94. The van der Waals surface area contributed by atoms with Crippen LogP contribution in [0.2, 0.25) is 0 Å². The van der Waals surface area contributed by atoms with E-state index < -0.39 is 15.8 Å². The summed E-state index contributed by atoms with van der Waals surface area (Å²) >= 11 is 2.67. The molecular formula is C16H15FN2O2S3. The fraction of sp³-hybridized carbons (Fsp3) is 0.188. The van der Waals surface area contributed by atoms with Crippen molar-refractivity contribution in [2.75, 3.05) is 4.72 Å². The highest BCUT2D eigenvalue weighted by Crippen LogP contribution is 2.34. The predicted molar refractivity (Wildman–Crippen MR) is 96.7 cm³/mol. The van der Waals surface area contributed by atoms with Gasteiger partial charge in [-0.25, -0.2) is 17.8 Å². The van der Waals surface area contributed by atoms with Crippen molar-refractivity contribution >= 4 is 38.4 Å². The van der Waals surface area contributed by atoms with E-state index in [1.807, 2.05) is 5.38 Å². The molecular weight excluding hydrogens is 367 g/mol. The molecule has 0 aliphatic heterocycles. The van der Waals surface area contributed by atoms with Crippen LogP contribution in [-0.4, -0.2) is 13.4 Å². The summed E-state index contributed by atoms with van der Waals surface area (Å²) in [5.74, 6) is -0.0839. The number of hydrogen-bond donors (Lipinski definition) is 1. The van der Waals surface area contributed by atoms with Crippen molar-refractivity contribution in [3.05, 3.63) is 53.3 Å². The summed E-state index contributed by atoms with van der Waals surface area (Å²) in [6.07, 6.45) is 0. The minimum atomic E-state index is -3.70. The topological polar surface area (TPSA) is 59.1 Å². The Morgan fingerprint density at radius 2 is 1.83 bits per heavy atom. The number of anilines is 1. The lowest BCUT2D eigenvalue weighted by Gasteiger charge is -2.05. The van der Waals surface area contributed by atoms with E-state index in [2.05, 4.69) is 23.6 Å². The first kappa shape index (κ1) is 17.1. The second-order valence-electron chi connectivity index (χ2n) is 5.46. The molecule has 8 heteroatoms. The van der Waals surface area contributed by atoms with Crippen LogP contribution in [0.4, 0.5) is 10.1 Å². The molecule has 3 aromatic rings. The zero-order valence-electron chi connectivity index (χ0n) is 13.0. The number of nitrogens with zero attached hydrogens (tertiary/aromatic N) is 1. The molecule has 0 radical (unpaired) electrons. The van der Waals surface area contributed by atoms with Crippen LogP contribution in [-0.2, 0) is 10.0 Å². The average Bonchev–Trinajstić information content (AvgIpc) is 3.18. The number of rotatable bonds is 5. The first-order valence-corrected chi connectivity index (χ1v) is 10.4. The highest BCUT2D eigenvalue weighted by Gasteiger charge is 2.19. The number of hydrogen-bond acceptors (Lipinski definition) is 5. The van der Waals surface area contributed by atoms with Crippen LogP contribution in [0.25, 0.3) is 9.88 Å². The number of nitrogens with one attached hydrogen (secondary N) is 1. The Kier molecular flexibility index (Phi) is 4.71. The molecule has 3 rings (SSSR count). The van der Waals surface area contributed by atoms with Gasteiger partial charge in [0.15, 0.2) is 0 Å². The van der Waals surface area contributed by atoms with Crippen LogP contribution < -0.4 is 4.72 Å². The summed E-state index contributed by atoms with van der Waals surface area (Å²) in [6, 6.07) is 8.50. The third kappa shape index (κ3) is 3.66. The molecule has 0 bridgehead atoms. The van der Waals surface area contributed by atoms with Crippen molar-refractivity contribution in [2.45, 2.75) is 24.0 Å². The van der Waals surface area contributed by atoms with Gasteiger partial charge in [-0.3, -0.25) is 4.72 Å². The fourth-order valence-corrected chi connectivity index (χ4v) is 5.39. The van der Waals surface area contributed by atoms with E-state index in [9.17, 15) is 12.8 Å². The normalized spacial score (nSPS) is 11.8. The van der Waals surface area contributed by atoms with Crippen LogP contribution in [0.15, 0.2) is 46.0 Å². The van der Waals surface area contributed by atoms with E-state index in [1.165, 1.54) is 35.6 Å². The van der Waals surface area contributed by atoms with Gasteiger partial charge in [0, 0.05) is 11.1 Å². The molecule has 0 unspecified atom stereocenters. The summed E-state index contributed by atoms with van der Waals surface area (Å²) in [4.78, 5) is 5.35. The van der Waals surface area contributed by atoms with E-state index in [4.69, 9.17) is 0 Å². The van der Waals surface area contributed by atoms with Crippen LogP contribution in [0.3, 0.4) is 0 Å². The predicted octanol–water partition coefficient (Wildman–Crippen LogP) is 4.93. The molecule has 0 aliphatic rings. The molecule has 0 atom stereocenters. The smallest absolute Gasteiger partial charge is 0.271 e. The molecule has 126 valence electrons. The van der Waals surface area contributed by atoms with E-state index in [1.54, 1.807) is 12.1 Å². The van der Waals surface area contributed by atoms with Crippen molar-refractivity contribution < 1.29 is 12.8 Å². The van der Waals surface area contributed by atoms with Gasteiger partial charge in [0.2, 0.25) is 0 Å². The number of sulfonamides is 1. The summed E-state index contributed by atoms with van der Waals surface area (Å²) in [5, 5.41) is 2.80. The van der Waals surface area contributed by atoms with Crippen molar-refractivity contribution in [3.8, 4) is 9.88 Å². The van der Waals surface area contributed by atoms with E-state index >= 15 is 0 Å². The zero-order valence-corrected chi connectivity index (χ0v) is 15.4. The van der Waals surface area contributed by atoms with Crippen LogP contribution >= 0.6 is 22.7 Å². The van der Waals surface area contributed by atoms with Gasteiger partial charge in [-0.2, -0.15) is 0 Å². The summed E-state index contributed by atoms with van der Waals surface area (Å²) < 4.78 is 40.4. The monoisotopic (exact) mass is 382 g/mol. The first-order chi connectivity index (χ1) is 11.3. The van der Waals surface area contributed by atoms with Crippen molar-refractivity contribution in [1.82, 2.24) is 4.98 Å². The van der Waals surface area contributed by atoms with Gasteiger partial charge in [0.05, 0.1) is 10.6 Å². The number of thiophene rings is 1. The number of benzene rings is 1. The molecule has 0 saturated carbocycles. The maximum absolute atomic E-state index is 12.9. The van der Waals surface area contributed by atoms with Crippen molar-refractivity contribution in [1.29, 1.82) is 0 Å². The van der Waals surface area contributed by atoms with E-state index in [-0.39, 0.29) is 4.21 Å². The maximum atomic E-state index is 12.9. The van der Waals surface area contributed by atoms with Gasteiger partial charge >= 0.3 is 0 Å². The molecule has 0 fully saturated rings. The van der Waals surface area contributed by atoms with Gasteiger partial charge < -0.3 is 0 Å². The van der Waals surface area contributed by atoms with Crippen LogP contribution in [0.1, 0.15) is 25.5 Å². The first-order valence-electron chi connectivity index (χ1n) is 7.19. The van der Waals surface area contributed by atoms with E-state index in [0.717, 1.165) is 26.9 Å². The van der Waals surface area contributed by atoms with Gasteiger partial charge in [-0.15, -0.1) is 22.7 Å². The molecule has 1 aromatic carbocycles. The largest absolute Gasteiger partial charge is 0.279 e. The minimum absolute atomic E-state index is 0.197. The van der Waals surface area contributed by atoms with Crippen molar-refractivity contribution in [2.24, 2.45) is 0 Å². The Balaban J connectivity index is 1.84. The molecule has 0 spiro atoms. The van der Waals surface area contributed by atoms with Gasteiger partial charge in [0.25, 0.3) is 10.0 Å². The summed E-state index contributed by atoms with van der Waals surface area (Å²) in [5.41, 5.74) is 1.32. The zero-order chi connectivity index (χ0) is 17.3. The van der Waals surface area contributed by atoms with Crippen molar-refractivity contribution in [3.63, 3.8) is 0 Å². The minimum Gasteiger partial charge on any atom is -0.279 e. The third-order valence-electron chi connectivity index (χ3n) is 3.27. The number of aromatic nitrogens is 1. The molecule has 2 aromatic heterocycles. The van der Waals surface area contributed by atoms with Gasteiger partial charge in [-0.05, 0) is 42.3 Å². The standard InChI is InChI=1S/C16H15FN2O2S3/c1-10(2)13-9-22-16(18-13)14-7-8-15(23-14)24(20,21)19-12-5-3-11(17)4-6-12/h3-10,19H,1-2H3. The quantitative estimate of drug-likeness (QED) is 0.680.